The summed E-state index contributed by atoms with van der Waals surface area (Å²) in [5.74, 6) is 1.37. The van der Waals surface area contributed by atoms with Crippen LogP contribution in [0.2, 0.25) is 0 Å². The van der Waals surface area contributed by atoms with Crippen molar-refractivity contribution < 1.29 is 4.79 Å². The van der Waals surface area contributed by atoms with Gasteiger partial charge in [0, 0.05) is 23.4 Å². The minimum absolute atomic E-state index is 0.0234. The maximum atomic E-state index is 13.3. The number of carbonyl (C=O) groups is 1. The molecule has 0 saturated heterocycles. The molecule has 2 saturated carbocycles. The first-order valence-corrected chi connectivity index (χ1v) is 11.1. The molecule has 1 amide bonds. The molecule has 2 fully saturated rings. The van der Waals surface area contributed by atoms with E-state index in [4.69, 9.17) is 4.98 Å². The zero-order valence-corrected chi connectivity index (χ0v) is 17.4. The maximum absolute atomic E-state index is 13.3. The highest BCUT2D eigenvalue weighted by Crippen LogP contribution is 2.38. The molecule has 32 heavy (non-hydrogen) atoms. The van der Waals surface area contributed by atoms with Gasteiger partial charge in [0.2, 0.25) is 0 Å². The van der Waals surface area contributed by atoms with E-state index in [0.29, 0.717) is 24.4 Å². The lowest BCUT2D eigenvalue weighted by atomic mass is 10.0. The van der Waals surface area contributed by atoms with Crippen LogP contribution in [0.3, 0.4) is 0 Å². The van der Waals surface area contributed by atoms with E-state index in [0.717, 1.165) is 46.6 Å². The summed E-state index contributed by atoms with van der Waals surface area (Å²) in [6.07, 6.45) is 10.4. The number of carbonyl (C=O) groups excluding carboxylic acids is 1. The van der Waals surface area contributed by atoms with E-state index in [1.165, 1.54) is 12.8 Å². The van der Waals surface area contributed by atoms with Gasteiger partial charge in [0.15, 0.2) is 5.82 Å². The molecule has 4 heterocycles. The van der Waals surface area contributed by atoms with Crippen LogP contribution in [0.25, 0.3) is 22.6 Å². The van der Waals surface area contributed by atoms with E-state index in [1.54, 1.807) is 11.2 Å². The Bertz CT molecular complexity index is 1360. The van der Waals surface area contributed by atoms with Gasteiger partial charge in [-0.15, -0.1) is 10.2 Å². The van der Waals surface area contributed by atoms with Crippen LogP contribution in [-0.2, 0) is 6.54 Å². The molecule has 3 aliphatic rings. The van der Waals surface area contributed by atoms with Crippen molar-refractivity contribution in [3.63, 3.8) is 0 Å². The predicted molar refractivity (Wildman–Crippen MR) is 118 cm³/mol. The lowest BCUT2D eigenvalue weighted by Crippen LogP contribution is -2.24. The van der Waals surface area contributed by atoms with Gasteiger partial charge in [-0.25, -0.2) is 4.98 Å². The van der Waals surface area contributed by atoms with Crippen LogP contribution in [0.1, 0.15) is 53.7 Å². The van der Waals surface area contributed by atoms with Gasteiger partial charge >= 0.3 is 0 Å². The van der Waals surface area contributed by atoms with Crippen molar-refractivity contribution in [2.75, 3.05) is 4.90 Å². The van der Waals surface area contributed by atoms with Gasteiger partial charge in [0.05, 0.1) is 18.8 Å². The molecule has 0 spiro atoms. The van der Waals surface area contributed by atoms with Crippen molar-refractivity contribution in [3.05, 3.63) is 66.2 Å². The van der Waals surface area contributed by atoms with Gasteiger partial charge < -0.3 is 4.57 Å². The van der Waals surface area contributed by atoms with Crippen molar-refractivity contribution in [3.8, 4) is 22.6 Å². The molecule has 0 atom stereocenters. The summed E-state index contributed by atoms with van der Waals surface area (Å²) in [6, 6.07) is 12.8. The highest BCUT2D eigenvalue weighted by molar-refractivity contribution is 6.10. The molecule has 1 aromatic carbocycles. The Kier molecular flexibility index (Phi) is 3.67. The van der Waals surface area contributed by atoms with Crippen LogP contribution in [0, 0.1) is 0 Å². The molecule has 0 N–H and O–H groups in total. The van der Waals surface area contributed by atoms with Crippen molar-refractivity contribution in [2.45, 2.75) is 44.3 Å². The minimum atomic E-state index is -0.0234. The summed E-state index contributed by atoms with van der Waals surface area (Å²) >= 11 is 0. The molecular weight excluding hydrogens is 402 g/mol. The largest absolute Gasteiger partial charge is 0.309 e. The highest BCUT2D eigenvalue weighted by Gasteiger charge is 2.31. The molecule has 158 valence electrons. The Labute approximate surface area is 184 Å². The topological polar surface area (TPSA) is 81.7 Å². The number of nitrogens with zero attached hydrogens (tertiary/aromatic N) is 7. The Hall–Kier alpha value is -3.81. The standard InChI is InChI=1S/C24H21N7O/c32-24-20-10-15(17-11-26-31(13-17)19-8-9-19)4-5-16(20)12-29(24)22-3-1-2-21(27-22)23-28-25-14-30(23)18-6-7-18/h1-5,10-11,13-14,18-19H,6-9,12H2. The third-order valence-corrected chi connectivity index (χ3v) is 6.52. The smallest absolute Gasteiger partial charge is 0.260 e. The quantitative estimate of drug-likeness (QED) is 0.484. The molecular formula is C24H21N7O. The average Bonchev–Trinajstić information content (AvgIpc) is 3.73. The van der Waals surface area contributed by atoms with E-state index >= 15 is 0 Å². The van der Waals surface area contributed by atoms with E-state index in [9.17, 15) is 4.79 Å². The fraction of sp³-hybridized carbons (Fsp3) is 0.292. The van der Waals surface area contributed by atoms with Crippen molar-refractivity contribution in [2.24, 2.45) is 0 Å². The maximum Gasteiger partial charge on any atom is 0.260 e. The van der Waals surface area contributed by atoms with Gasteiger partial charge in [-0.1, -0.05) is 18.2 Å². The number of amides is 1. The molecule has 8 nitrogen and oxygen atoms in total. The first-order chi connectivity index (χ1) is 15.7. The summed E-state index contributed by atoms with van der Waals surface area (Å²) in [5.41, 5.74) is 4.55. The summed E-state index contributed by atoms with van der Waals surface area (Å²) in [5, 5.41) is 12.8. The summed E-state index contributed by atoms with van der Waals surface area (Å²) in [6.45, 7) is 0.515. The Morgan fingerprint density at radius 3 is 2.69 bits per heavy atom. The summed E-state index contributed by atoms with van der Waals surface area (Å²) in [4.78, 5) is 19.8. The van der Waals surface area contributed by atoms with Crippen molar-refractivity contribution in [1.82, 2.24) is 29.5 Å². The SMILES string of the molecule is O=C1c2cc(-c3cnn(C4CC4)c3)ccc2CN1c1cccc(-c2nncn2C2CC2)n1. The predicted octanol–water partition coefficient (Wildman–Crippen LogP) is 4.03. The van der Waals surface area contributed by atoms with E-state index in [-0.39, 0.29) is 5.91 Å². The third kappa shape index (κ3) is 2.86. The number of anilines is 1. The van der Waals surface area contributed by atoms with Gasteiger partial charge in [-0.05, 0) is 55.0 Å². The Morgan fingerprint density at radius 1 is 0.969 bits per heavy atom. The van der Waals surface area contributed by atoms with E-state index in [2.05, 4.69) is 32.1 Å². The Morgan fingerprint density at radius 2 is 1.84 bits per heavy atom. The average molecular weight is 423 g/mol. The molecule has 8 heteroatoms. The van der Waals surface area contributed by atoms with Crippen LogP contribution in [0.4, 0.5) is 5.82 Å². The molecule has 0 radical (unpaired) electrons. The monoisotopic (exact) mass is 423 g/mol. The number of hydrogen-bond donors (Lipinski definition) is 0. The van der Waals surface area contributed by atoms with Crippen LogP contribution in [0.5, 0.6) is 0 Å². The van der Waals surface area contributed by atoms with Crippen molar-refractivity contribution in [1.29, 1.82) is 0 Å². The van der Waals surface area contributed by atoms with Gasteiger partial charge in [0.1, 0.15) is 17.8 Å². The number of benzene rings is 1. The van der Waals surface area contributed by atoms with Crippen LogP contribution in [0.15, 0.2) is 55.1 Å². The number of rotatable bonds is 5. The van der Waals surface area contributed by atoms with Gasteiger partial charge in [0.25, 0.3) is 5.91 Å². The molecule has 3 aromatic heterocycles. The van der Waals surface area contributed by atoms with Crippen LogP contribution in [-0.4, -0.2) is 35.4 Å². The minimum Gasteiger partial charge on any atom is -0.309 e. The van der Waals surface area contributed by atoms with Gasteiger partial charge in [-0.3, -0.25) is 14.4 Å². The van der Waals surface area contributed by atoms with E-state index in [1.807, 2.05) is 41.2 Å². The van der Waals surface area contributed by atoms with Crippen LogP contribution >= 0.6 is 0 Å². The lowest BCUT2D eigenvalue weighted by molar-refractivity contribution is 0.0996. The molecule has 0 bridgehead atoms. The van der Waals surface area contributed by atoms with Crippen molar-refractivity contribution >= 4 is 11.7 Å². The second-order valence-electron chi connectivity index (χ2n) is 8.88. The van der Waals surface area contributed by atoms with E-state index < -0.39 is 0 Å². The first-order valence-electron chi connectivity index (χ1n) is 11.1. The number of fused-ring (bicyclic) bond motifs is 1. The molecule has 4 aromatic rings. The fourth-order valence-corrected chi connectivity index (χ4v) is 4.44. The molecule has 1 aliphatic heterocycles. The molecule has 2 aliphatic carbocycles. The molecule has 0 unspecified atom stereocenters. The fourth-order valence-electron chi connectivity index (χ4n) is 4.44. The zero-order valence-electron chi connectivity index (χ0n) is 17.4. The number of pyridine rings is 1. The number of aromatic nitrogens is 6. The summed E-state index contributed by atoms with van der Waals surface area (Å²) in [7, 11) is 0. The lowest BCUT2D eigenvalue weighted by Gasteiger charge is -2.15. The number of hydrogen-bond acceptors (Lipinski definition) is 5. The summed E-state index contributed by atoms with van der Waals surface area (Å²) < 4.78 is 4.12. The zero-order chi connectivity index (χ0) is 21.2. The molecule has 7 rings (SSSR count). The third-order valence-electron chi connectivity index (χ3n) is 6.52. The van der Waals surface area contributed by atoms with Crippen LogP contribution < -0.4 is 4.90 Å². The normalized spacial score (nSPS) is 17.8. The Balaban J connectivity index is 1.19. The second-order valence-corrected chi connectivity index (χ2v) is 8.88. The first kappa shape index (κ1) is 17.8. The van der Waals surface area contributed by atoms with Gasteiger partial charge in [-0.2, -0.15) is 5.10 Å². The highest BCUT2D eigenvalue weighted by atomic mass is 16.2. The second kappa shape index (κ2) is 6.59.